The molecule has 0 unspecified atom stereocenters. The molecule has 0 bridgehead atoms. The zero-order valence-electron chi connectivity index (χ0n) is 6.06. The highest BCUT2D eigenvalue weighted by atomic mass is 127. The van der Waals surface area contributed by atoms with Gasteiger partial charge in [-0.2, -0.15) is 0 Å². The maximum Gasteiger partial charge on any atom is 0.111 e. The van der Waals surface area contributed by atoms with E-state index in [1.165, 1.54) is 9.21 Å². The van der Waals surface area contributed by atoms with Gasteiger partial charge in [-0.3, -0.25) is 4.18 Å². The molecule has 0 amide bonds. The molecular weight excluding hydrogens is 249 g/mol. The van der Waals surface area contributed by atoms with Crippen LogP contribution in [0.3, 0.4) is 0 Å². The largest absolute Gasteiger partial charge is 0.329 e. The Morgan fingerprint density at radius 2 is 2.00 bits per heavy atom. The molecule has 0 N–H and O–H groups in total. The molecular formula is C5H13INOS+. The molecule has 0 aromatic carbocycles. The van der Waals surface area contributed by atoms with Crippen LogP contribution in [0.15, 0.2) is 0 Å². The number of nitrogens with zero attached hydrogens (tertiary/aromatic N) is 1. The van der Waals surface area contributed by atoms with Crippen molar-refractivity contribution in [1.29, 1.82) is 0 Å². The molecule has 0 saturated carbocycles. The molecule has 56 valence electrons. The second-order valence-corrected chi connectivity index (χ2v) is 4.34. The van der Waals surface area contributed by atoms with Crippen LogP contribution in [0.2, 0.25) is 0 Å². The van der Waals surface area contributed by atoms with Gasteiger partial charge in [0.1, 0.15) is 13.2 Å². The Hall–Kier alpha value is 1.00. The lowest BCUT2D eigenvalue weighted by Gasteiger charge is -2.22. The average Bonchev–Trinajstić information content (AvgIpc) is 1.63. The molecule has 0 aromatic heterocycles. The van der Waals surface area contributed by atoms with Crippen LogP contribution in [-0.2, 0) is 4.18 Å². The monoisotopic (exact) mass is 262 g/mol. The number of rotatable bonds is 4. The van der Waals surface area contributed by atoms with E-state index in [9.17, 15) is 0 Å². The molecule has 0 aliphatic carbocycles. The maximum absolute atomic E-state index is 5.10. The zero-order valence-corrected chi connectivity index (χ0v) is 9.03. The number of quaternary nitrogens is 1. The highest BCUT2D eigenvalue weighted by Crippen LogP contribution is 2.11. The van der Waals surface area contributed by atoms with E-state index in [-0.39, 0.29) is 0 Å². The Morgan fingerprint density at radius 1 is 1.44 bits per heavy atom. The third-order valence-corrected chi connectivity index (χ3v) is 1.91. The summed E-state index contributed by atoms with van der Waals surface area (Å²) in [5, 5.41) is 0. The van der Waals surface area contributed by atoms with Crippen LogP contribution >= 0.6 is 30.4 Å². The van der Waals surface area contributed by atoms with E-state index in [1.807, 2.05) is 0 Å². The van der Waals surface area contributed by atoms with Crippen LogP contribution in [0, 0.1) is 0 Å². The van der Waals surface area contributed by atoms with E-state index < -0.39 is 0 Å². The molecule has 2 nitrogen and oxygen atoms in total. The number of hydrogen-bond donors (Lipinski definition) is 0. The fourth-order valence-electron chi connectivity index (χ4n) is 0.343. The number of halogens is 1. The van der Waals surface area contributed by atoms with Crippen molar-refractivity contribution in [2.75, 3.05) is 34.3 Å². The summed E-state index contributed by atoms with van der Waals surface area (Å²) >= 11 is 2.13. The number of likely N-dealkylation sites (N-methyl/N-ethyl adjacent to an activating group) is 1. The van der Waals surface area contributed by atoms with E-state index >= 15 is 0 Å². The van der Waals surface area contributed by atoms with Gasteiger partial charge in [0, 0.05) is 21.2 Å². The van der Waals surface area contributed by atoms with E-state index in [2.05, 4.69) is 42.3 Å². The lowest BCUT2D eigenvalue weighted by atomic mass is 10.5. The predicted octanol–water partition coefficient (Wildman–Crippen LogP) is 1.71. The van der Waals surface area contributed by atoms with Crippen molar-refractivity contribution >= 4 is 30.4 Å². The molecule has 4 heteroatoms. The summed E-state index contributed by atoms with van der Waals surface area (Å²) in [4.78, 5) is 0. The van der Waals surface area contributed by atoms with Gasteiger partial charge in [-0.25, -0.2) is 0 Å². The third-order valence-electron chi connectivity index (χ3n) is 0.890. The smallest absolute Gasteiger partial charge is 0.111 e. The van der Waals surface area contributed by atoms with Crippen LogP contribution in [-0.4, -0.2) is 38.8 Å². The SMILES string of the molecule is C[N+](C)(C)CCOSI. The maximum atomic E-state index is 5.10. The fraction of sp³-hybridized carbons (Fsp3) is 1.00. The molecule has 0 saturated heterocycles. The molecule has 9 heavy (non-hydrogen) atoms. The van der Waals surface area contributed by atoms with E-state index in [1.54, 1.807) is 0 Å². The van der Waals surface area contributed by atoms with Crippen molar-refractivity contribution in [3.8, 4) is 0 Å². The van der Waals surface area contributed by atoms with Crippen LogP contribution in [0.5, 0.6) is 0 Å². The molecule has 0 aliphatic heterocycles. The summed E-state index contributed by atoms with van der Waals surface area (Å²) in [6.07, 6.45) is 0. The lowest BCUT2D eigenvalue weighted by Crippen LogP contribution is -2.37. The van der Waals surface area contributed by atoms with Gasteiger partial charge >= 0.3 is 0 Å². The predicted molar refractivity (Wildman–Crippen MR) is 50.5 cm³/mol. The van der Waals surface area contributed by atoms with Gasteiger partial charge in [-0.05, 0) is 0 Å². The Bertz CT molecular complexity index is 73.8. The van der Waals surface area contributed by atoms with Gasteiger partial charge in [0.05, 0.1) is 30.4 Å². The van der Waals surface area contributed by atoms with Crippen molar-refractivity contribution in [2.24, 2.45) is 0 Å². The molecule has 0 heterocycles. The Labute approximate surface area is 73.3 Å². The molecule has 0 fully saturated rings. The van der Waals surface area contributed by atoms with Gasteiger partial charge in [0.25, 0.3) is 0 Å². The van der Waals surface area contributed by atoms with E-state index in [4.69, 9.17) is 4.18 Å². The van der Waals surface area contributed by atoms with Crippen molar-refractivity contribution in [3.63, 3.8) is 0 Å². The standard InChI is InChI=1S/C5H13INOS/c1-7(2,3)4-5-8-9-6/h4-5H2,1-3H3/q+1. The first-order chi connectivity index (χ1) is 4.06. The molecule has 0 radical (unpaired) electrons. The third kappa shape index (κ3) is 9.00. The summed E-state index contributed by atoms with van der Waals surface area (Å²) in [5.41, 5.74) is 0. The van der Waals surface area contributed by atoms with Crippen LogP contribution < -0.4 is 0 Å². The van der Waals surface area contributed by atoms with Gasteiger partial charge in [-0.1, -0.05) is 0 Å². The van der Waals surface area contributed by atoms with Crippen molar-refractivity contribution in [2.45, 2.75) is 0 Å². The summed E-state index contributed by atoms with van der Waals surface area (Å²) in [6.45, 7) is 1.90. The molecule has 0 rings (SSSR count). The Morgan fingerprint density at radius 3 is 2.33 bits per heavy atom. The molecule has 0 aromatic rings. The van der Waals surface area contributed by atoms with Crippen LogP contribution in [0.25, 0.3) is 0 Å². The Kier molecular flexibility index (Phi) is 5.29. The van der Waals surface area contributed by atoms with Crippen molar-refractivity contribution < 1.29 is 8.67 Å². The first kappa shape index (κ1) is 10.0. The lowest BCUT2D eigenvalue weighted by molar-refractivity contribution is -0.870. The summed E-state index contributed by atoms with van der Waals surface area (Å²) < 4.78 is 6.07. The minimum atomic E-state index is 0.830. The first-order valence-electron chi connectivity index (χ1n) is 2.77. The highest BCUT2D eigenvalue weighted by molar-refractivity contribution is 14.2. The number of hydrogen-bond acceptors (Lipinski definition) is 2. The molecule has 0 aliphatic rings. The zero-order chi connectivity index (χ0) is 7.33. The summed E-state index contributed by atoms with van der Waals surface area (Å²) in [6, 6.07) is 0. The Balaban J connectivity index is 3.07. The summed E-state index contributed by atoms with van der Waals surface area (Å²) in [5.74, 6) is 0. The van der Waals surface area contributed by atoms with Crippen LogP contribution in [0.1, 0.15) is 0 Å². The van der Waals surface area contributed by atoms with E-state index in [0.29, 0.717) is 0 Å². The second kappa shape index (κ2) is 4.76. The van der Waals surface area contributed by atoms with Gasteiger partial charge < -0.3 is 4.48 Å². The fourth-order valence-corrected chi connectivity index (χ4v) is 1.02. The van der Waals surface area contributed by atoms with Crippen molar-refractivity contribution in [1.82, 2.24) is 0 Å². The average molecular weight is 262 g/mol. The normalized spacial score (nSPS) is 12.0. The topological polar surface area (TPSA) is 9.23 Å². The highest BCUT2D eigenvalue weighted by Gasteiger charge is 2.04. The quantitative estimate of drug-likeness (QED) is 0.330. The minimum absolute atomic E-state index is 0.830. The van der Waals surface area contributed by atoms with E-state index in [0.717, 1.165) is 17.6 Å². The van der Waals surface area contributed by atoms with Gasteiger partial charge in [0.2, 0.25) is 0 Å². The first-order valence-corrected chi connectivity index (χ1v) is 6.05. The second-order valence-electron chi connectivity index (χ2n) is 2.90. The molecule has 0 spiro atoms. The molecule has 0 atom stereocenters. The van der Waals surface area contributed by atoms with Crippen LogP contribution in [0.4, 0.5) is 0 Å². The van der Waals surface area contributed by atoms with Gasteiger partial charge in [-0.15, -0.1) is 0 Å². The summed E-state index contributed by atoms with van der Waals surface area (Å²) in [7, 11) is 7.86. The minimum Gasteiger partial charge on any atom is -0.329 e. The van der Waals surface area contributed by atoms with Gasteiger partial charge in [0.15, 0.2) is 0 Å². The van der Waals surface area contributed by atoms with Crippen molar-refractivity contribution in [3.05, 3.63) is 0 Å².